The van der Waals surface area contributed by atoms with Crippen LogP contribution in [0.1, 0.15) is 29.6 Å². The van der Waals surface area contributed by atoms with Crippen molar-refractivity contribution in [1.29, 1.82) is 0 Å². The van der Waals surface area contributed by atoms with Gasteiger partial charge in [-0.1, -0.05) is 37.3 Å². The second-order valence-electron chi connectivity index (χ2n) is 3.38. The van der Waals surface area contributed by atoms with Gasteiger partial charge in [0, 0.05) is 10.2 Å². The van der Waals surface area contributed by atoms with Crippen LogP contribution in [0.3, 0.4) is 0 Å². The second-order valence-corrected chi connectivity index (χ2v) is 3.38. The lowest BCUT2D eigenvalue weighted by Gasteiger charge is -2.27. The quantitative estimate of drug-likeness (QED) is 0.862. The molecule has 2 unspecified atom stereocenters. The van der Waals surface area contributed by atoms with Crippen LogP contribution in [-0.4, -0.2) is 29.6 Å². The van der Waals surface area contributed by atoms with E-state index in [1.54, 1.807) is 26.0 Å². The summed E-state index contributed by atoms with van der Waals surface area (Å²) in [6.07, 6.45) is -0.795. The Bertz CT molecular complexity index is 345. The summed E-state index contributed by atoms with van der Waals surface area (Å²) < 4.78 is 22.3. The van der Waals surface area contributed by atoms with E-state index < -0.39 is 19.1 Å². The lowest BCUT2D eigenvalue weighted by Crippen LogP contribution is -2.34. The molecule has 0 heterocycles. The van der Waals surface area contributed by atoms with Crippen LogP contribution in [0.2, 0.25) is 0 Å². The number of benzene rings is 1. The van der Waals surface area contributed by atoms with Gasteiger partial charge in [-0.2, -0.15) is 0 Å². The van der Waals surface area contributed by atoms with Gasteiger partial charge in [0.05, 0.1) is 6.10 Å². The molecule has 0 aliphatic carbocycles. The predicted octanol–water partition coefficient (Wildman–Crippen LogP) is 2.48. The molecule has 86 valence electrons. The molecule has 0 saturated carbocycles. The number of hydrogen-bond donors (Lipinski definition) is 1. The zero-order valence-corrected chi connectivity index (χ0v) is 9.87. The number of halogens is 1. The molecule has 0 bridgehead atoms. The SMILES string of the molecule is Cl.[2H]C([2H])([2H])N(CC)C(C)C(O)c1ccccc1. The molecule has 2 nitrogen and oxygen atoms in total. The van der Waals surface area contributed by atoms with Gasteiger partial charge < -0.3 is 10.0 Å². The van der Waals surface area contributed by atoms with Crippen molar-refractivity contribution in [3.8, 4) is 0 Å². The van der Waals surface area contributed by atoms with Gasteiger partial charge in [-0.05, 0) is 26.0 Å². The molecular formula is C12H20ClNO. The number of aliphatic hydroxyl groups excluding tert-OH is 1. The first-order chi connectivity index (χ1) is 7.88. The van der Waals surface area contributed by atoms with E-state index >= 15 is 0 Å². The molecular weight excluding hydrogens is 210 g/mol. The van der Waals surface area contributed by atoms with E-state index in [-0.39, 0.29) is 12.4 Å². The van der Waals surface area contributed by atoms with E-state index in [1.165, 1.54) is 4.90 Å². The highest BCUT2D eigenvalue weighted by Crippen LogP contribution is 2.19. The largest absolute Gasteiger partial charge is 0.387 e. The maximum Gasteiger partial charge on any atom is 0.0942 e. The van der Waals surface area contributed by atoms with Crippen LogP contribution < -0.4 is 0 Å². The smallest absolute Gasteiger partial charge is 0.0942 e. The fourth-order valence-corrected chi connectivity index (χ4v) is 1.39. The summed E-state index contributed by atoms with van der Waals surface area (Å²) in [7, 11) is 0. The molecule has 3 heteroatoms. The van der Waals surface area contributed by atoms with Crippen molar-refractivity contribution in [3.63, 3.8) is 0 Å². The van der Waals surface area contributed by atoms with Crippen LogP contribution in [0.15, 0.2) is 30.3 Å². The Balaban J connectivity index is 0.00000289. The Morgan fingerprint density at radius 1 is 1.40 bits per heavy atom. The van der Waals surface area contributed by atoms with Crippen LogP contribution in [0.4, 0.5) is 0 Å². The molecule has 1 N–H and O–H groups in total. The molecule has 0 radical (unpaired) electrons. The van der Waals surface area contributed by atoms with Gasteiger partial charge in [0.15, 0.2) is 0 Å². The first-order valence-corrected chi connectivity index (χ1v) is 4.87. The van der Waals surface area contributed by atoms with E-state index in [9.17, 15) is 5.11 Å². The summed E-state index contributed by atoms with van der Waals surface area (Å²) in [6.45, 7) is 1.71. The summed E-state index contributed by atoms with van der Waals surface area (Å²) in [5.41, 5.74) is 0.739. The van der Waals surface area contributed by atoms with Crippen molar-refractivity contribution in [2.45, 2.75) is 26.0 Å². The molecule has 0 amide bonds. The third kappa shape index (κ3) is 3.82. The fourth-order valence-electron chi connectivity index (χ4n) is 1.39. The van der Waals surface area contributed by atoms with E-state index in [1.807, 2.05) is 18.2 Å². The lowest BCUT2D eigenvalue weighted by molar-refractivity contribution is 0.0755. The first-order valence-electron chi connectivity index (χ1n) is 6.37. The summed E-state index contributed by atoms with van der Waals surface area (Å²) >= 11 is 0. The van der Waals surface area contributed by atoms with Crippen LogP contribution in [0.5, 0.6) is 0 Å². The third-order valence-electron chi connectivity index (χ3n) is 2.43. The highest BCUT2D eigenvalue weighted by molar-refractivity contribution is 5.85. The highest BCUT2D eigenvalue weighted by Gasteiger charge is 2.18. The van der Waals surface area contributed by atoms with Gasteiger partial charge in [0.2, 0.25) is 0 Å². The third-order valence-corrected chi connectivity index (χ3v) is 2.43. The van der Waals surface area contributed by atoms with Crippen molar-refractivity contribution in [3.05, 3.63) is 35.9 Å². The molecule has 1 aromatic rings. The second kappa shape index (κ2) is 6.83. The van der Waals surface area contributed by atoms with Crippen LogP contribution in [0.25, 0.3) is 0 Å². The van der Waals surface area contributed by atoms with Crippen molar-refractivity contribution in [2.75, 3.05) is 13.5 Å². The molecule has 15 heavy (non-hydrogen) atoms. The van der Waals surface area contributed by atoms with Crippen LogP contribution >= 0.6 is 12.4 Å². The predicted molar refractivity (Wildman–Crippen MR) is 66.4 cm³/mol. The molecule has 0 spiro atoms. The zero-order chi connectivity index (χ0) is 13.1. The summed E-state index contributed by atoms with van der Waals surface area (Å²) in [4.78, 5) is 1.32. The highest BCUT2D eigenvalue weighted by atomic mass is 35.5. The molecule has 0 aromatic heterocycles. The Morgan fingerprint density at radius 2 is 2.00 bits per heavy atom. The van der Waals surface area contributed by atoms with Gasteiger partial charge in [-0.15, -0.1) is 12.4 Å². The van der Waals surface area contributed by atoms with Crippen LogP contribution in [-0.2, 0) is 0 Å². The van der Waals surface area contributed by atoms with E-state index in [0.717, 1.165) is 5.56 Å². The zero-order valence-electron chi connectivity index (χ0n) is 12.1. The monoisotopic (exact) mass is 232 g/mol. The standard InChI is InChI=1S/C12H19NO.ClH/c1-4-13(3)10(2)12(14)11-8-6-5-7-9-11;/h5-10,12,14H,4H2,1-3H3;1H/i3D3;. The Morgan fingerprint density at radius 3 is 2.47 bits per heavy atom. The van der Waals surface area contributed by atoms with Gasteiger partial charge >= 0.3 is 0 Å². The van der Waals surface area contributed by atoms with Gasteiger partial charge in [0.25, 0.3) is 0 Å². The minimum atomic E-state index is -2.18. The van der Waals surface area contributed by atoms with Gasteiger partial charge in [-0.3, -0.25) is 0 Å². The van der Waals surface area contributed by atoms with Gasteiger partial charge in [0.1, 0.15) is 0 Å². The number of likely N-dealkylation sites (N-methyl/N-ethyl adjacent to an activating group) is 1. The molecule has 0 aliphatic rings. The van der Waals surface area contributed by atoms with E-state index in [0.29, 0.717) is 6.54 Å². The molecule has 0 aliphatic heterocycles. The fraction of sp³-hybridized carbons (Fsp3) is 0.500. The molecule has 0 saturated heterocycles. The molecule has 1 aromatic carbocycles. The number of rotatable bonds is 4. The average Bonchev–Trinajstić information content (AvgIpc) is 2.28. The normalized spacial score (nSPS) is 18.3. The molecule has 0 fully saturated rings. The maximum absolute atomic E-state index is 10.2. The summed E-state index contributed by atoms with van der Waals surface area (Å²) in [5, 5.41) is 10.2. The van der Waals surface area contributed by atoms with Gasteiger partial charge in [-0.25, -0.2) is 0 Å². The molecule has 2 atom stereocenters. The summed E-state index contributed by atoms with van der Waals surface area (Å²) in [6, 6.07) is 8.67. The Kier molecular flexibility index (Phi) is 4.39. The minimum Gasteiger partial charge on any atom is -0.387 e. The number of hydrogen-bond acceptors (Lipinski definition) is 2. The number of aliphatic hydroxyl groups is 1. The minimum absolute atomic E-state index is 0. The topological polar surface area (TPSA) is 23.5 Å². The van der Waals surface area contributed by atoms with Crippen LogP contribution in [0, 0.1) is 0 Å². The first kappa shape index (κ1) is 9.64. The molecule has 1 rings (SSSR count). The van der Waals surface area contributed by atoms with Crippen molar-refractivity contribution < 1.29 is 9.22 Å². The van der Waals surface area contributed by atoms with Crippen molar-refractivity contribution in [2.24, 2.45) is 0 Å². The van der Waals surface area contributed by atoms with Crippen molar-refractivity contribution in [1.82, 2.24) is 4.90 Å². The lowest BCUT2D eigenvalue weighted by atomic mass is 10.0. The Labute approximate surface area is 103 Å². The average molecular weight is 233 g/mol. The number of nitrogens with zero attached hydrogens (tertiary/aromatic N) is 1. The van der Waals surface area contributed by atoms with E-state index in [4.69, 9.17) is 4.11 Å². The van der Waals surface area contributed by atoms with Crippen molar-refractivity contribution >= 4 is 12.4 Å². The van der Waals surface area contributed by atoms with E-state index in [2.05, 4.69) is 0 Å². The summed E-state index contributed by atoms with van der Waals surface area (Å²) in [5.74, 6) is 0. The maximum atomic E-state index is 10.2. The Hall–Kier alpha value is -0.570.